The molecule has 0 aliphatic heterocycles. The molecule has 206 valence electrons. The SMILES string of the molecule is COc1cc2nc(C)nc(N[C@H](C)c3cccc(C(F)F)c3F)c2cc1OCCN(C)S(=O)(=O)C1CCC1. The highest BCUT2D eigenvalue weighted by molar-refractivity contribution is 7.89. The molecule has 0 spiro atoms. The molecular formula is C26H31F3N4O4S. The predicted octanol–water partition coefficient (Wildman–Crippen LogP) is 5.39. The van der Waals surface area contributed by atoms with E-state index in [0.29, 0.717) is 46.9 Å². The van der Waals surface area contributed by atoms with Crippen LogP contribution in [0.4, 0.5) is 19.0 Å². The van der Waals surface area contributed by atoms with E-state index in [4.69, 9.17) is 9.47 Å². The molecule has 1 aliphatic rings. The highest BCUT2D eigenvalue weighted by Crippen LogP contribution is 2.36. The number of sulfonamides is 1. The van der Waals surface area contributed by atoms with Gasteiger partial charge in [0.2, 0.25) is 10.0 Å². The van der Waals surface area contributed by atoms with Crippen molar-refractivity contribution in [3.05, 3.63) is 53.1 Å². The smallest absolute Gasteiger partial charge is 0.266 e. The van der Waals surface area contributed by atoms with Crippen LogP contribution in [0.3, 0.4) is 0 Å². The van der Waals surface area contributed by atoms with Crippen LogP contribution in [0.2, 0.25) is 0 Å². The third kappa shape index (κ3) is 5.65. The van der Waals surface area contributed by atoms with Gasteiger partial charge in [-0.1, -0.05) is 24.6 Å². The predicted molar refractivity (Wildman–Crippen MR) is 139 cm³/mol. The van der Waals surface area contributed by atoms with Gasteiger partial charge in [0, 0.05) is 30.6 Å². The number of aromatic nitrogens is 2. The summed E-state index contributed by atoms with van der Waals surface area (Å²) in [6.45, 7) is 3.59. The van der Waals surface area contributed by atoms with Crippen LogP contribution in [0.25, 0.3) is 10.9 Å². The van der Waals surface area contributed by atoms with Crippen LogP contribution in [0, 0.1) is 12.7 Å². The Labute approximate surface area is 220 Å². The third-order valence-electron chi connectivity index (χ3n) is 6.78. The van der Waals surface area contributed by atoms with Gasteiger partial charge in [-0.25, -0.2) is 35.9 Å². The second-order valence-corrected chi connectivity index (χ2v) is 11.6. The minimum atomic E-state index is -3.36. The van der Waals surface area contributed by atoms with Crippen molar-refractivity contribution in [1.82, 2.24) is 14.3 Å². The molecule has 1 N–H and O–H groups in total. The molecule has 0 bridgehead atoms. The molecule has 38 heavy (non-hydrogen) atoms. The highest BCUT2D eigenvalue weighted by atomic mass is 32.2. The number of fused-ring (bicyclic) bond motifs is 1. The lowest BCUT2D eigenvalue weighted by molar-refractivity contribution is 0.146. The zero-order valence-corrected chi connectivity index (χ0v) is 22.5. The summed E-state index contributed by atoms with van der Waals surface area (Å²) < 4.78 is 79.0. The van der Waals surface area contributed by atoms with Gasteiger partial charge in [-0.15, -0.1) is 0 Å². The number of anilines is 1. The van der Waals surface area contributed by atoms with Gasteiger partial charge >= 0.3 is 0 Å². The molecule has 3 aromatic rings. The monoisotopic (exact) mass is 552 g/mol. The molecule has 0 unspecified atom stereocenters. The fourth-order valence-electron chi connectivity index (χ4n) is 4.32. The van der Waals surface area contributed by atoms with Crippen molar-refractivity contribution in [3.63, 3.8) is 0 Å². The molecule has 2 aromatic carbocycles. The van der Waals surface area contributed by atoms with Crippen molar-refractivity contribution in [3.8, 4) is 11.5 Å². The Kier molecular flexibility index (Phi) is 8.31. The molecule has 1 heterocycles. The van der Waals surface area contributed by atoms with Gasteiger partial charge in [-0.2, -0.15) is 0 Å². The van der Waals surface area contributed by atoms with Gasteiger partial charge in [0.05, 0.1) is 29.5 Å². The number of ether oxygens (including phenoxy) is 2. The first kappa shape index (κ1) is 27.9. The van der Waals surface area contributed by atoms with Crippen molar-refractivity contribution in [2.75, 3.05) is 32.6 Å². The average molecular weight is 553 g/mol. The molecule has 1 aromatic heterocycles. The summed E-state index contributed by atoms with van der Waals surface area (Å²) in [6.07, 6.45) is -0.658. The molecule has 12 heteroatoms. The van der Waals surface area contributed by atoms with Crippen LogP contribution in [0.1, 0.15) is 55.6 Å². The summed E-state index contributed by atoms with van der Waals surface area (Å²) in [7, 11) is -0.336. The zero-order valence-electron chi connectivity index (χ0n) is 21.7. The first-order chi connectivity index (χ1) is 18.0. The van der Waals surface area contributed by atoms with Gasteiger partial charge in [0.15, 0.2) is 11.5 Å². The van der Waals surface area contributed by atoms with E-state index in [1.54, 1.807) is 26.0 Å². The third-order valence-corrected chi connectivity index (χ3v) is 9.14. The summed E-state index contributed by atoms with van der Waals surface area (Å²) in [5, 5.41) is 3.33. The fourth-order valence-corrected chi connectivity index (χ4v) is 6.09. The van der Waals surface area contributed by atoms with Gasteiger partial charge in [-0.3, -0.25) is 0 Å². The standard InChI is InChI=1S/C26H31F3N4O4S/c1-15(18-9-6-10-19(24(18)27)25(28)29)30-26-20-13-23(22(36-4)14-21(20)31-16(2)32-26)37-12-11-33(3)38(34,35)17-7-5-8-17/h6,9-10,13-15,17,25H,5,7-8,11-12H2,1-4H3,(H,30,31,32)/t15-/m1/s1. The highest BCUT2D eigenvalue weighted by Gasteiger charge is 2.34. The molecule has 1 saturated carbocycles. The van der Waals surface area contributed by atoms with Crippen LogP contribution in [0.5, 0.6) is 11.5 Å². The van der Waals surface area contributed by atoms with Crippen molar-refractivity contribution in [1.29, 1.82) is 0 Å². The number of likely N-dealkylation sites (N-methyl/N-ethyl adjacent to an activating group) is 1. The number of alkyl halides is 2. The molecule has 0 amide bonds. The van der Waals surface area contributed by atoms with E-state index in [1.165, 1.54) is 30.6 Å². The molecule has 4 rings (SSSR count). The maximum absolute atomic E-state index is 14.8. The normalized spacial score (nSPS) is 15.1. The van der Waals surface area contributed by atoms with Crippen molar-refractivity contribution >= 4 is 26.7 Å². The second-order valence-electron chi connectivity index (χ2n) is 9.32. The van der Waals surface area contributed by atoms with E-state index in [9.17, 15) is 21.6 Å². The number of aryl methyl sites for hydroxylation is 1. The molecule has 1 aliphatic carbocycles. The Balaban J connectivity index is 1.59. The van der Waals surface area contributed by atoms with E-state index in [2.05, 4.69) is 15.3 Å². The van der Waals surface area contributed by atoms with Crippen LogP contribution in [-0.2, 0) is 10.0 Å². The van der Waals surface area contributed by atoms with Crippen LogP contribution in [0.15, 0.2) is 30.3 Å². The van der Waals surface area contributed by atoms with Crippen molar-refractivity contribution in [2.45, 2.75) is 50.8 Å². The number of benzene rings is 2. The van der Waals surface area contributed by atoms with Crippen molar-refractivity contribution < 1.29 is 31.1 Å². The minimum absolute atomic E-state index is 0.0768. The number of rotatable bonds is 11. The number of methoxy groups -OCH3 is 1. The Hall–Kier alpha value is -3.12. The lowest BCUT2D eigenvalue weighted by Crippen LogP contribution is -2.41. The molecule has 0 saturated heterocycles. The van der Waals surface area contributed by atoms with Gasteiger partial charge in [0.1, 0.15) is 24.1 Å². The van der Waals surface area contributed by atoms with Crippen LogP contribution < -0.4 is 14.8 Å². The van der Waals surface area contributed by atoms with Crippen molar-refractivity contribution in [2.24, 2.45) is 0 Å². The molecule has 1 fully saturated rings. The van der Waals surface area contributed by atoms with E-state index in [0.717, 1.165) is 12.5 Å². The summed E-state index contributed by atoms with van der Waals surface area (Å²) in [6, 6.07) is 6.53. The second kappa shape index (κ2) is 11.3. The molecular weight excluding hydrogens is 521 g/mol. The number of nitrogens with zero attached hydrogens (tertiary/aromatic N) is 3. The van der Waals surface area contributed by atoms with E-state index in [-0.39, 0.29) is 24.0 Å². The Bertz CT molecular complexity index is 1420. The Morgan fingerprint density at radius 2 is 1.87 bits per heavy atom. The van der Waals surface area contributed by atoms with E-state index >= 15 is 0 Å². The lowest BCUT2D eigenvalue weighted by atomic mass is 10.0. The van der Waals surface area contributed by atoms with Gasteiger partial charge in [-0.05, 0) is 32.8 Å². The number of nitrogens with one attached hydrogen (secondary N) is 1. The number of hydrogen-bond donors (Lipinski definition) is 1. The fraction of sp³-hybridized carbons (Fsp3) is 0.462. The molecule has 8 nitrogen and oxygen atoms in total. The summed E-state index contributed by atoms with van der Waals surface area (Å²) >= 11 is 0. The topological polar surface area (TPSA) is 93.7 Å². The summed E-state index contributed by atoms with van der Waals surface area (Å²) in [5.41, 5.74) is -0.0552. The van der Waals surface area contributed by atoms with E-state index < -0.39 is 33.9 Å². The Morgan fingerprint density at radius 1 is 1.16 bits per heavy atom. The van der Waals surface area contributed by atoms with Gasteiger partial charge < -0.3 is 14.8 Å². The number of hydrogen-bond acceptors (Lipinski definition) is 7. The minimum Gasteiger partial charge on any atom is -0.493 e. The number of halogens is 3. The molecule has 1 atom stereocenters. The maximum Gasteiger partial charge on any atom is 0.266 e. The van der Waals surface area contributed by atoms with Crippen LogP contribution in [-0.4, -0.2) is 55.3 Å². The summed E-state index contributed by atoms with van der Waals surface area (Å²) in [4.78, 5) is 8.90. The quantitative estimate of drug-likeness (QED) is 0.341. The van der Waals surface area contributed by atoms with Gasteiger partial charge in [0.25, 0.3) is 6.43 Å². The summed E-state index contributed by atoms with van der Waals surface area (Å²) in [5.74, 6) is 0.578. The first-order valence-corrected chi connectivity index (χ1v) is 13.8. The molecule has 0 radical (unpaired) electrons. The Morgan fingerprint density at radius 3 is 2.50 bits per heavy atom. The maximum atomic E-state index is 14.8. The lowest BCUT2D eigenvalue weighted by Gasteiger charge is -2.29. The largest absolute Gasteiger partial charge is 0.493 e. The van der Waals surface area contributed by atoms with Crippen LogP contribution >= 0.6 is 0 Å². The van der Waals surface area contributed by atoms with E-state index in [1.807, 2.05) is 0 Å². The first-order valence-electron chi connectivity index (χ1n) is 12.3. The average Bonchev–Trinajstić information content (AvgIpc) is 2.82. The zero-order chi connectivity index (χ0) is 27.6.